The normalized spacial score (nSPS) is 13.2. The van der Waals surface area contributed by atoms with Crippen LogP contribution in [0.25, 0.3) is 6.08 Å². The number of carbonyl (C=O) groups excluding carboxylic acids is 1. The van der Waals surface area contributed by atoms with Crippen LogP contribution in [0.1, 0.15) is 29.2 Å². The van der Waals surface area contributed by atoms with E-state index >= 15 is 0 Å². The van der Waals surface area contributed by atoms with Gasteiger partial charge in [0.1, 0.15) is 0 Å². The Morgan fingerprint density at radius 3 is 2.23 bits per heavy atom. The van der Waals surface area contributed by atoms with Crippen molar-refractivity contribution < 1.29 is 27.4 Å². The first-order valence-corrected chi connectivity index (χ1v) is 6.81. The van der Waals surface area contributed by atoms with Gasteiger partial charge in [-0.1, -0.05) is 23.8 Å². The minimum absolute atomic E-state index is 0.0523. The van der Waals surface area contributed by atoms with Crippen LogP contribution < -0.4 is 0 Å². The van der Waals surface area contributed by atoms with Gasteiger partial charge >= 0.3 is 12.3 Å². The lowest BCUT2D eigenvalue weighted by molar-refractivity contribution is -0.193. The van der Waals surface area contributed by atoms with Gasteiger partial charge in [-0.05, 0) is 50.5 Å². The molecule has 0 aliphatic carbocycles. The van der Waals surface area contributed by atoms with Crippen LogP contribution in [0.3, 0.4) is 0 Å². The van der Waals surface area contributed by atoms with E-state index in [-0.39, 0.29) is 6.61 Å². The second-order valence-electron chi connectivity index (χ2n) is 4.93. The van der Waals surface area contributed by atoms with Crippen molar-refractivity contribution >= 4 is 12.2 Å². The highest BCUT2D eigenvalue weighted by Crippen LogP contribution is 2.26. The summed E-state index contributed by atoms with van der Waals surface area (Å²) in [6.07, 6.45) is -6.24. The van der Waals surface area contributed by atoms with Crippen molar-refractivity contribution in [2.45, 2.75) is 40.0 Å². The van der Waals surface area contributed by atoms with Crippen LogP contribution in [0.4, 0.5) is 18.0 Å². The summed E-state index contributed by atoms with van der Waals surface area (Å²) in [5, 5.41) is 0. The molecule has 0 aliphatic heterocycles. The summed E-state index contributed by atoms with van der Waals surface area (Å²) in [6.45, 7) is 6.97. The Morgan fingerprint density at radius 1 is 1.23 bits per heavy atom. The zero-order valence-electron chi connectivity index (χ0n) is 13.0. The zero-order chi connectivity index (χ0) is 16.9. The van der Waals surface area contributed by atoms with Gasteiger partial charge in [-0.15, -0.1) is 0 Å². The third kappa shape index (κ3) is 5.09. The maximum absolute atomic E-state index is 12.9. The van der Waals surface area contributed by atoms with E-state index in [1.54, 1.807) is 0 Å². The maximum Gasteiger partial charge on any atom is 0.509 e. The Balaban J connectivity index is 3.02. The molecule has 0 aliphatic rings. The van der Waals surface area contributed by atoms with Crippen molar-refractivity contribution in [1.29, 1.82) is 0 Å². The van der Waals surface area contributed by atoms with E-state index in [2.05, 4.69) is 9.47 Å². The van der Waals surface area contributed by atoms with Crippen molar-refractivity contribution in [3.8, 4) is 0 Å². The molecule has 0 saturated carbocycles. The standard InChI is InChI=1S/C16H19F3O3/c1-5-21-15(20)22-14(16(17,18)19)7-6-13-11(3)8-10(2)9-12(13)4/h6-9,14H,5H2,1-4H3/b7-6+. The topological polar surface area (TPSA) is 35.5 Å². The van der Waals surface area contributed by atoms with E-state index in [1.165, 1.54) is 13.0 Å². The molecule has 0 aromatic heterocycles. The second kappa shape index (κ2) is 7.33. The summed E-state index contributed by atoms with van der Waals surface area (Å²) in [5.74, 6) is 0. The van der Waals surface area contributed by atoms with Gasteiger partial charge in [0.05, 0.1) is 6.61 Å². The van der Waals surface area contributed by atoms with E-state index in [0.717, 1.165) is 22.8 Å². The number of benzene rings is 1. The molecule has 3 nitrogen and oxygen atoms in total. The lowest BCUT2D eigenvalue weighted by Crippen LogP contribution is -2.32. The molecule has 1 rings (SSSR count). The van der Waals surface area contributed by atoms with Crippen LogP contribution in [-0.4, -0.2) is 25.0 Å². The average Bonchev–Trinajstić information content (AvgIpc) is 2.35. The van der Waals surface area contributed by atoms with Crippen molar-refractivity contribution in [3.63, 3.8) is 0 Å². The molecule has 1 unspecified atom stereocenters. The second-order valence-corrected chi connectivity index (χ2v) is 4.93. The molecule has 0 fully saturated rings. The first-order valence-electron chi connectivity index (χ1n) is 6.81. The minimum Gasteiger partial charge on any atom is -0.435 e. The molecule has 1 aromatic carbocycles. The van der Waals surface area contributed by atoms with E-state index < -0.39 is 18.4 Å². The lowest BCUT2D eigenvalue weighted by atomic mass is 9.99. The largest absolute Gasteiger partial charge is 0.509 e. The average molecular weight is 316 g/mol. The summed E-state index contributed by atoms with van der Waals surface area (Å²) in [4.78, 5) is 11.1. The van der Waals surface area contributed by atoms with E-state index in [0.29, 0.717) is 5.56 Å². The fourth-order valence-electron chi connectivity index (χ4n) is 2.11. The smallest absolute Gasteiger partial charge is 0.435 e. The van der Waals surface area contributed by atoms with Gasteiger partial charge in [0, 0.05) is 0 Å². The molecule has 0 radical (unpaired) electrons. The van der Waals surface area contributed by atoms with Gasteiger partial charge in [-0.3, -0.25) is 0 Å². The highest BCUT2D eigenvalue weighted by atomic mass is 19.4. The number of carbonyl (C=O) groups is 1. The molecule has 1 atom stereocenters. The summed E-state index contributed by atoms with van der Waals surface area (Å²) in [7, 11) is 0. The molecule has 0 N–H and O–H groups in total. The summed E-state index contributed by atoms with van der Waals surface area (Å²) in [6, 6.07) is 3.75. The molecule has 6 heteroatoms. The van der Waals surface area contributed by atoms with Crippen LogP contribution >= 0.6 is 0 Å². The predicted molar refractivity (Wildman–Crippen MR) is 77.6 cm³/mol. The van der Waals surface area contributed by atoms with Gasteiger partial charge in [0.15, 0.2) is 0 Å². The summed E-state index contributed by atoms with van der Waals surface area (Å²) in [5.41, 5.74) is 3.41. The first kappa shape index (κ1) is 18.1. The molecule has 0 spiro atoms. The number of ether oxygens (including phenoxy) is 2. The highest BCUT2D eigenvalue weighted by Gasteiger charge is 2.41. The predicted octanol–water partition coefficient (Wildman–Crippen LogP) is 4.73. The summed E-state index contributed by atoms with van der Waals surface area (Å²) >= 11 is 0. The quantitative estimate of drug-likeness (QED) is 0.753. The molecule has 0 amide bonds. The van der Waals surface area contributed by atoms with Crippen LogP contribution in [0.15, 0.2) is 18.2 Å². The Bertz CT molecular complexity index is 539. The van der Waals surface area contributed by atoms with Crippen molar-refractivity contribution in [2.24, 2.45) is 0 Å². The Kier molecular flexibility index (Phi) is 6.02. The van der Waals surface area contributed by atoms with Crippen molar-refractivity contribution in [3.05, 3.63) is 40.5 Å². The third-order valence-electron chi connectivity index (χ3n) is 2.98. The van der Waals surface area contributed by atoms with Gasteiger partial charge < -0.3 is 9.47 Å². The van der Waals surface area contributed by atoms with Crippen LogP contribution in [0.2, 0.25) is 0 Å². The molecular weight excluding hydrogens is 297 g/mol. The van der Waals surface area contributed by atoms with Gasteiger partial charge in [-0.25, -0.2) is 4.79 Å². The number of hydrogen-bond donors (Lipinski definition) is 0. The molecule has 0 bridgehead atoms. The molecule has 0 heterocycles. The Morgan fingerprint density at radius 2 is 1.77 bits per heavy atom. The van der Waals surface area contributed by atoms with Crippen LogP contribution in [-0.2, 0) is 9.47 Å². The SMILES string of the molecule is CCOC(=O)OC(/C=C/c1c(C)cc(C)cc1C)C(F)(F)F. The molecular formula is C16H19F3O3. The molecule has 1 aromatic rings. The zero-order valence-corrected chi connectivity index (χ0v) is 13.0. The van der Waals surface area contributed by atoms with Gasteiger partial charge in [0.2, 0.25) is 6.10 Å². The fourth-order valence-corrected chi connectivity index (χ4v) is 2.11. The molecule has 0 saturated heterocycles. The van der Waals surface area contributed by atoms with Gasteiger partial charge in [-0.2, -0.15) is 13.2 Å². The van der Waals surface area contributed by atoms with Crippen molar-refractivity contribution in [2.75, 3.05) is 6.61 Å². The summed E-state index contributed by atoms with van der Waals surface area (Å²) < 4.78 is 47.4. The van der Waals surface area contributed by atoms with Crippen molar-refractivity contribution in [1.82, 2.24) is 0 Å². The Labute approximate surface area is 127 Å². The number of alkyl halides is 3. The number of aryl methyl sites for hydroxylation is 3. The van der Waals surface area contributed by atoms with E-state index in [9.17, 15) is 18.0 Å². The first-order chi connectivity index (χ1) is 10.1. The van der Waals surface area contributed by atoms with Crippen LogP contribution in [0, 0.1) is 20.8 Å². The highest BCUT2D eigenvalue weighted by molar-refractivity contribution is 5.62. The Hall–Kier alpha value is -1.98. The number of hydrogen-bond acceptors (Lipinski definition) is 3. The lowest BCUT2D eigenvalue weighted by Gasteiger charge is -2.17. The number of halogens is 3. The minimum atomic E-state index is -4.70. The van der Waals surface area contributed by atoms with E-state index in [1.807, 2.05) is 32.9 Å². The fraction of sp³-hybridized carbons (Fsp3) is 0.438. The van der Waals surface area contributed by atoms with Gasteiger partial charge in [0.25, 0.3) is 0 Å². The maximum atomic E-state index is 12.9. The molecule has 22 heavy (non-hydrogen) atoms. The van der Waals surface area contributed by atoms with Crippen LogP contribution in [0.5, 0.6) is 0 Å². The van der Waals surface area contributed by atoms with E-state index in [4.69, 9.17) is 0 Å². The third-order valence-corrected chi connectivity index (χ3v) is 2.98. The monoisotopic (exact) mass is 316 g/mol. The number of rotatable bonds is 4. The molecule has 122 valence electrons.